The van der Waals surface area contributed by atoms with Crippen LogP contribution in [0.3, 0.4) is 0 Å². The Morgan fingerprint density at radius 3 is 2.52 bits per heavy atom. The molecule has 2 fully saturated rings. The normalized spacial score (nSPS) is 21.8. The molecule has 1 saturated heterocycles. The van der Waals surface area contributed by atoms with Crippen molar-refractivity contribution < 1.29 is 13.2 Å². The van der Waals surface area contributed by atoms with E-state index < -0.39 is 10.0 Å². The maximum Gasteiger partial charge on any atom is 0.240 e. The lowest BCUT2D eigenvalue weighted by atomic mass is 10.0. The summed E-state index contributed by atoms with van der Waals surface area (Å²) in [5, 5.41) is 6.08. The second-order valence-electron chi connectivity index (χ2n) is 6.35. The molecule has 7 heteroatoms. The van der Waals surface area contributed by atoms with Gasteiger partial charge in [-0.05, 0) is 69.0 Å². The fraction of sp³-hybridized carbons (Fsp3) is 0.562. The molecule has 0 bridgehead atoms. The van der Waals surface area contributed by atoms with Crippen molar-refractivity contribution in [3.05, 3.63) is 24.3 Å². The predicted molar refractivity (Wildman–Crippen MR) is 88.6 cm³/mol. The lowest BCUT2D eigenvalue weighted by Crippen LogP contribution is -2.38. The Balaban J connectivity index is 1.57. The molecule has 0 radical (unpaired) electrons. The van der Waals surface area contributed by atoms with Crippen LogP contribution >= 0.6 is 0 Å². The Morgan fingerprint density at radius 1 is 1.17 bits per heavy atom. The highest BCUT2D eigenvalue weighted by Crippen LogP contribution is 2.30. The highest BCUT2D eigenvalue weighted by atomic mass is 32.2. The average molecular weight is 337 g/mol. The van der Waals surface area contributed by atoms with Crippen LogP contribution in [0.1, 0.15) is 25.7 Å². The van der Waals surface area contributed by atoms with Crippen LogP contribution < -0.4 is 15.4 Å². The largest absolute Gasteiger partial charge is 0.326 e. The van der Waals surface area contributed by atoms with Gasteiger partial charge in [-0.2, -0.15) is 0 Å². The van der Waals surface area contributed by atoms with E-state index in [1.54, 1.807) is 12.1 Å². The molecule has 0 aromatic heterocycles. The molecule has 1 aliphatic heterocycles. The number of carbonyl (C=O) groups excluding carboxylic acids is 1. The van der Waals surface area contributed by atoms with E-state index in [1.165, 1.54) is 12.1 Å². The molecule has 1 aromatic rings. The predicted octanol–water partition coefficient (Wildman–Crippen LogP) is 1.31. The maximum absolute atomic E-state index is 12.3. The van der Waals surface area contributed by atoms with E-state index in [0.29, 0.717) is 18.2 Å². The minimum Gasteiger partial charge on any atom is -0.326 e. The molecule has 2 aliphatic rings. The first-order valence-electron chi connectivity index (χ1n) is 8.16. The van der Waals surface area contributed by atoms with Crippen LogP contribution in [0.25, 0.3) is 0 Å². The number of carbonyl (C=O) groups is 1. The first kappa shape index (κ1) is 16.4. The Hall–Kier alpha value is -1.44. The second kappa shape index (κ2) is 6.98. The van der Waals surface area contributed by atoms with Gasteiger partial charge in [0.25, 0.3) is 0 Å². The lowest BCUT2D eigenvalue weighted by Gasteiger charge is -2.22. The smallest absolute Gasteiger partial charge is 0.240 e. The number of anilines is 1. The third-order valence-corrected chi connectivity index (χ3v) is 5.78. The SMILES string of the molecule is O=C(Nc1ccc(S(=O)(=O)NC[C@H]2CCCNC2)cc1)C1CC1. The summed E-state index contributed by atoms with van der Waals surface area (Å²) >= 11 is 0. The number of benzene rings is 1. The summed E-state index contributed by atoms with van der Waals surface area (Å²) in [6, 6.07) is 6.34. The molecule has 0 spiro atoms. The molecule has 1 aromatic carbocycles. The standard InChI is InChI=1S/C16H23N3O3S/c20-16(13-3-4-13)19-14-5-7-15(8-6-14)23(21,22)18-11-12-2-1-9-17-10-12/h5-8,12-13,17-18H,1-4,9-11H2,(H,19,20)/t12-/m0/s1. The van der Waals surface area contributed by atoms with E-state index in [9.17, 15) is 13.2 Å². The van der Waals surface area contributed by atoms with E-state index in [2.05, 4.69) is 15.4 Å². The van der Waals surface area contributed by atoms with E-state index >= 15 is 0 Å². The quantitative estimate of drug-likeness (QED) is 0.730. The zero-order valence-electron chi connectivity index (χ0n) is 13.0. The Bertz CT molecular complexity index is 648. The molecule has 0 unspecified atom stereocenters. The summed E-state index contributed by atoms with van der Waals surface area (Å²) in [5.41, 5.74) is 0.636. The highest BCUT2D eigenvalue weighted by molar-refractivity contribution is 7.89. The van der Waals surface area contributed by atoms with Gasteiger partial charge in [-0.15, -0.1) is 0 Å². The fourth-order valence-electron chi connectivity index (χ4n) is 2.72. The van der Waals surface area contributed by atoms with Crippen LogP contribution in [-0.4, -0.2) is 34.0 Å². The van der Waals surface area contributed by atoms with Gasteiger partial charge < -0.3 is 10.6 Å². The average Bonchev–Trinajstić information content (AvgIpc) is 3.40. The molecule has 6 nitrogen and oxygen atoms in total. The highest BCUT2D eigenvalue weighted by Gasteiger charge is 2.29. The van der Waals surface area contributed by atoms with Crippen molar-refractivity contribution in [2.75, 3.05) is 25.0 Å². The number of nitrogens with one attached hydrogen (secondary N) is 3. The molecule has 126 valence electrons. The van der Waals surface area contributed by atoms with E-state index in [4.69, 9.17) is 0 Å². The second-order valence-corrected chi connectivity index (χ2v) is 8.12. The zero-order valence-corrected chi connectivity index (χ0v) is 13.9. The van der Waals surface area contributed by atoms with Gasteiger partial charge in [-0.3, -0.25) is 4.79 Å². The molecule has 1 atom stereocenters. The van der Waals surface area contributed by atoms with E-state index in [1.807, 2.05) is 0 Å². The first-order valence-corrected chi connectivity index (χ1v) is 9.64. The van der Waals surface area contributed by atoms with Crippen LogP contribution in [0.5, 0.6) is 0 Å². The molecule has 3 rings (SSSR count). The van der Waals surface area contributed by atoms with Crippen molar-refractivity contribution >= 4 is 21.6 Å². The van der Waals surface area contributed by atoms with Gasteiger partial charge in [0.15, 0.2) is 0 Å². The molecular formula is C16H23N3O3S. The van der Waals surface area contributed by atoms with Gasteiger partial charge in [-0.1, -0.05) is 0 Å². The van der Waals surface area contributed by atoms with Gasteiger partial charge >= 0.3 is 0 Å². The molecule has 1 amide bonds. The number of rotatable bonds is 6. The third kappa shape index (κ3) is 4.53. The summed E-state index contributed by atoms with van der Waals surface area (Å²) < 4.78 is 27.3. The lowest BCUT2D eigenvalue weighted by molar-refractivity contribution is -0.117. The van der Waals surface area contributed by atoms with Gasteiger partial charge in [-0.25, -0.2) is 13.1 Å². The van der Waals surface area contributed by atoms with E-state index in [-0.39, 0.29) is 16.7 Å². The Kier molecular flexibility index (Phi) is 4.99. The first-order chi connectivity index (χ1) is 11.0. The molecule has 3 N–H and O–H groups in total. The van der Waals surface area contributed by atoms with Crippen molar-refractivity contribution in [3.63, 3.8) is 0 Å². The van der Waals surface area contributed by atoms with Gasteiger partial charge in [0.2, 0.25) is 15.9 Å². The summed E-state index contributed by atoms with van der Waals surface area (Å²) in [6.07, 6.45) is 4.01. The summed E-state index contributed by atoms with van der Waals surface area (Å²) in [6.45, 7) is 2.32. The van der Waals surface area contributed by atoms with Crippen LogP contribution in [0, 0.1) is 11.8 Å². The summed E-state index contributed by atoms with van der Waals surface area (Å²) in [4.78, 5) is 11.9. The van der Waals surface area contributed by atoms with Crippen molar-refractivity contribution in [1.29, 1.82) is 0 Å². The summed E-state index contributed by atoms with van der Waals surface area (Å²) in [7, 11) is -3.50. The number of hydrogen-bond acceptors (Lipinski definition) is 4. The monoisotopic (exact) mass is 337 g/mol. The molecule has 23 heavy (non-hydrogen) atoms. The topological polar surface area (TPSA) is 87.3 Å². The molecule has 1 aliphatic carbocycles. The number of hydrogen-bond donors (Lipinski definition) is 3. The molecule has 1 heterocycles. The third-order valence-electron chi connectivity index (χ3n) is 4.34. The Morgan fingerprint density at radius 2 is 1.91 bits per heavy atom. The zero-order chi connectivity index (χ0) is 16.3. The maximum atomic E-state index is 12.3. The number of sulfonamides is 1. The van der Waals surface area contributed by atoms with Gasteiger partial charge in [0.1, 0.15) is 0 Å². The molecular weight excluding hydrogens is 314 g/mol. The van der Waals surface area contributed by atoms with E-state index in [0.717, 1.165) is 38.8 Å². The van der Waals surface area contributed by atoms with Crippen molar-refractivity contribution in [2.24, 2.45) is 11.8 Å². The summed E-state index contributed by atoms with van der Waals surface area (Å²) in [5.74, 6) is 0.489. The van der Waals surface area contributed by atoms with Crippen LogP contribution in [0.15, 0.2) is 29.2 Å². The Labute approximate surface area is 137 Å². The van der Waals surface area contributed by atoms with Gasteiger partial charge in [0.05, 0.1) is 4.90 Å². The van der Waals surface area contributed by atoms with Crippen LogP contribution in [0.4, 0.5) is 5.69 Å². The van der Waals surface area contributed by atoms with Crippen molar-refractivity contribution in [3.8, 4) is 0 Å². The number of amides is 1. The van der Waals surface area contributed by atoms with Crippen molar-refractivity contribution in [1.82, 2.24) is 10.0 Å². The van der Waals surface area contributed by atoms with Crippen LogP contribution in [0.2, 0.25) is 0 Å². The minimum atomic E-state index is -3.50. The van der Waals surface area contributed by atoms with Crippen molar-refractivity contribution in [2.45, 2.75) is 30.6 Å². The van der Waals surface area contributed by atoms with Gasteiger partial charge in [0, 0.05) is 18.2 Å². The molecule has 1 saturated carbocycles. The van der Waals surface area contributed by atoms with Crippen LogP contribution in [-0.2, 0) is 14.8 Å². The fourth-order valence-corrected chi connectivity index (χ4v) is 3.83. The number of piperidine rings is 1. The minimum absolute atomic E-state index is 0.0172.